The van der Waals surface area contributed by atoms with Crippen molar-refractivity contribution >= 4 is 55.8 Å². The molecule has 0 aliphatic rings. The average molecular weight is 447 g/mol. The van der Waals surface area contributed by atoms with Crippen molar-refractivity contribution in [1.29, 1.82) is 0 Å². The van der Waals surface area contributed by atoms with Gasteiger partial charge in [-0.2, -0.15) is 0 Å². The first-order valence-electron chi connectivity index (χ1n) is 8.15. The lowest BCUT2D eigenvalue weighted by Crippen LogP contribution is -2.22. The number of carbonyl (C=O) groups excluding carboxylic acids is 1. The van der Waals surface area contributed by atoms with Crippen LogP contribution in [0.5, 0.6) is 0 Å². The molecule has 0 saturated heterocycles. The number of thiazole rings is 1. The normalized spacial score (nSPS) is 10.8. The predicted octanol–water partition coefficient (Wildman–Crippen LogP) is 6.50. The highest BCUT2D eigenvalue weighted by atomic mass is 79.9. The molecule has 0 saturated carbocycles. The van der Waals surface area contributed by atoms with E-state index in [0.717, 1.165) is 27.2 Å². The molecule has 6 heteroatoms. The average Bonchev–Trinajstić information content (AvgIpc) is 3.06. The van der Waals surface area contributed by atoms with Crippen molar-refractivity contribution < 1.29 is 4.79 Å². The Bertz CT molecular complexity index is 922. The van der Waals surface area contributed by atoms with Crippen molar-refractivity contribution in [2.45, 2.75) is 31.4 Å². The molecule has 0 bridgehead atoms. The van der Waals surface area contributed by atoms with Crippen LogP contribution in [-0.2, 0) is 10.5 Å². The van der Waals surface area contributed by atoms with Crippen molar-refractivity contribution in [2.24, 2.45) is 0 Å². The number of aryl methyl sites for hydroxylation is 2. The van der Waals surface area contributed by atoms with Crippen LogP contribution in [0.3, 0.4) is 0 Å². The molecular weight excluding hydrogens is 428 g/mol. The van der Waals surface area contributed by atoms with Gasteiger partial charge in [0.2, 0.25) is 5.91 Å². The highest BCUT2D eigenvalue weighted by Crippen LogP contribution is 2.32. The summed E-state index contributed by atoms with van der Waals surface area (Å²) in [6.45, 7) is 5.70. The minimum atomic E-state index is -0.0327. The van der Waals surface area contributed by atoms with Gasteiger partial charge < -0.3 is 0 Å². The molecule has 0 aliphatic carbocycles. The zero-order valence-corrected chi connectivity index (χ0v) is 18.0. The monoisotopic (exact) mass is 446 g/mol. The number of anilines is 2. The van der Waals surface area contributed by atoms with E-state index < -0.39 is 0 Å². The fourth-order valence-electron chi connectivity index (χ4n) is 2.44. The third-order valence-electron chi connectivity index (χ3n) is 3.99. The van der Waals surface area contributed by atoms with Crippen LogP contribution in [-0.4, -0.2) is 10.9 Å². The number of rotatable bonds is 5. The van der Waals surface area contributed by atoms with Gasteiger partial charge in [-0.1, -0.05) is 22.0 Å². The molecule has 1 heterocycles. The molecule has 0 atom stereocenters. The SMILES string of the molecule is CC(=O)N(c1ccc(C)c(C)c1)c1nc(CSc2ccc(Br)cc2)cs1. The van der Waals surface area contributed by atoms with Crippen LogP contribution in [0, 0.1) is 13.8 Å². The third-order valence-corrected chi connectivity index (χ3v) is 6.44. The summed E-state index contributed by atoms with van der Waals surface area (Å²) in [6, 6.07) is 14.3. The Morgan fingerprint density at radius 1 is 1.15 bits per heavy atom. The van der Waals surface area contributed by atoms with E-state index in [2.05, 4.69) is 46.9 Å². The molecular formula is C20H19BrN2OS2. The van der Waals surface area contributed by atoms with E-state index in [-0.39, 0.29) is 5.91 Å². The predicted molar refractivity (Wildman–Crippen MR) is 115 cm³/mol. The highest BCUT2D eigenvalue weighted by Gasteiger charge is 2.18. The van der Waals surface area contributed by atoms with Gasteiger partial charge in [0.05, 0.1) is 11.4 Å². The minimum Gasteiger partial charge on any atom is -0.274 e. The number of nitrogens with zero attached hydrogens (tertiary/aromatic N) is 2. The molecule has 2 aromatic carbocycles. The topological polar surface area (TPSA) is 33.2 Å². The molecule has 3 aromatic rings. The fraction of sp³-hybridized carbons (Fsp3) is 0.200. The maximum Gasteiger partial charge on any atom is 0.230 e. The number of carbonyl (C=O) groups is 1. The van der Waals surface area contributed by atoms with Crippen LogP contribution in [0.4, 0.5) is 10.8 Å². The first-order chi connectivity index (χ1) is 12.4. The van der Waals surface area contributed by atoms with Crippen LogP contribution in [0.2, 0.25) is 0 Å². The number of amides is 1. The maximum atomic E-state index is 12.2. The number of hydrogen-bond acceptors (Lipinski definition) is 4. The molecule has 0 N–H and O–H groups in total. The van der Waals surface area contributed by atoms with Crippen molar-refractivity contribution in [1.82, 2.24) is 4.98 Å². The summed E-state index contributed by atoms with van der Waals surface area (Å²) < 4.78 is 1.07. The summed E-state index contributed by atoms with van der Waals surface area (Å²) in [5.74, 6) is 0.742. The number of benzene rings is 2. The first kappa shape index (κ1) is 19.1. The Balaban J connectivity index is 1.78. The summed E-state index contributed by atoms with van der Waals surface area (Å²) in [5.41, 5.74) is 4.22. The molecule has 134 valence electrons. The van der Waals surface area contributed by atoms with Gasteiger partial charge in [-0.25, -0.2) is 4.98 Å². The van der Waals surface area contributed by atoms with E-state index in [1.54, 1.807) is 23.6 Å². The van der Waals surface area contributed by atoms with Crippen LogP contribution >= 0.6 is 39.0 Å². The molecule has 1 amide bonds. The molecule has 1 aromatic heterocycles. The molecule has 0 spiro atoms. The zero-order valence-electron chi connectivity index (χ0n) is 14.8. The molecule has 26 heavy (non-hydrogen) atoms. The van der Waals surface area contributed by atoms with Crippen LogP contribution in [0.1, 0.15) is 23.7 Å². The number of thioether (sulfide) groups is 1. The van der Waals surface area contributed by atoms with E-state index in [4.69, 9.17) is 0 Å². The quantitative estimate of drug-likeness (QED) is 0.419. The van der Waals surface area contributed by atoms with E-state index >= 15 is 0 Å². The maximum absolute atomic E-state index is 12.2. The van der Waals surface area contributed by atoms with Crippen molar-refractivity contribution in [3.8, 4) is 0 Å². The van der Waals surface area contributed by atoms with Crippen molar-refractivity contribution in [2.75, 3.05) is 4.90 Å². The van der Waals surface area contributed by atoms with E-state index in [0.29, 0.717) is 5.13 Å². The minimum absolute atomic E-state index is 0.0327. The van der Waals surface area contributed by atoms with E-state index in [9.17, 15) is 4.79 Å². The molecule has 3 rings (SSSR count). The standard InChI is InChI=1S/C20H19BrN2OS2/c1-13-4-7-18(10-14(13)2)23(15(3)24)20-22-17(12-26-20)11-25-19-8-5-16(21)6-9-19/h4-10,12H,11H2,1-3H3. The van der Waals surface area contributed by atoms with E-state index in [1.165, 1.54) is 21.8 Å². The Kier molecular flexibility index (Phi) is 6.16. The fourth-order valence-corrected chi connectivity index (χ4v) is 4.49. The number of aromatic nitrogens is 1. The van der Waals surface area contributed by atoms with Gasteiger partial charge in [0.15, 0.2) is 5.13 Å². The lowest BCUT2D eigenvalue weighted by Gasteiger charge is -2.19. The largest absolute Gasteiger partial charge is 0.274 e. The molecule has 0 unspecified atom stereocenters. The van der Waals surface area contributed by atoms with E-state index in [1.807, 2.05) is 35.7 Å². The van der Waals surface area contributed by atoms with Crippen LogP contribution < -0.4 is 4.90 Å². The van der Waals surface area contributed by atoms with Crippen molar-refractivity contribution in [3.63, 3.8) is 0 Å². The molecule has 0 radical (unpaired) electrons. The number of halogens is 1. The van der Waals surface area contributed by atoms with Crippen LogP contribution in [0.15, 0.2) is 57.2 Å². The summed E-state index contributed by atoms with van der Waals surface area (Å²) in [4.78, 5) is 19.8. The van der Waals surface area contributed by atoms with Gasteiger partial charge in [-0.3, -0.25) is 9.69 Å². The highest BCUT2D eigenvalue weighted by molar-refractivity contribution is 9.10. The second kappa shape index (κ2) is 8.37. The summed E-state index contributed by atoms with van der Waals surface area (Å²) in [6.07, 6.45) is 0. The second-order valence-corrected chi connectivity index (χ2v) is 8.79. The third kappa shape index (κ3) is 4.55. The Morgan fingerprint density at radius 3 is 2.54 bits per heavy atom. The van der Waals surface area contributed by atoms with Gasteiger partial charge in [0, 0.05) is 27.4 Å². The Labute approximate surface area is 170 Å². The lowest BCUT2D eigenvalue weighted by atomic mass is 10.1. The Hall–Kier alpha value is -1.63. The summed E-state index contributed by atoms with van der Waals surface area (Å²) in [7, 11) is 0. The Morgan fingerprint density at radius 2 is 1.88 bits per heavy atom. The first-order valence-corrected chi connectivity index (χ1v) is 10.8. The smallest absolute Gasteiger partial charge is 0.230 e. The summed E-state index contributed by atoms with van der Waals surface area (Å²) >= 11 is 6.69. The zero-order chi connectivity index (χ0) is 18.7. The molecule has 3 nitrogen and oxygen atoms in total. The molecule has 0 fully saturated rings. The van der Waals surface area contributed by atoms with Gasteiger partial charge in [0.1, 0.15) is 0 Å². The van der Waals surface area contributed by atoms with Gasteiger partial charge in [0.25, 0.3) is 0 Å². The number of hydrogen-bond donors (Lipinski definition) is 0. The lowest BCUT2D eigenvalue weighted by molar-refractivity contribution is -0.115. The van der Waals surface area contributed by atoms with Crippen molar-refractivity contribution in [3.05, 3.63) is 69.1 Å². The van der Waals surface area contributed by atoms with Gasteiger partial charge >= 0.3 is 0 Å². The van der Waals surface area contributed by atoms with Gasteiger partial charge in [-0.05, 0) is 61.4 Å². The summed E-state index contributed by atoms with van der Waals surface area (Å²) in [5, 5.41) is 2.74. The van der Waals surface area contributed by atoms with Gasteiger partial charge in [-0.15, -0.1) is 23.1 Å². The second-order valence-electron chi connectivity index (χ2n) is 5.99. The van der Waals surface area contributed by atoms with Crippen LogP contribution in [0.25, 0.3) is 0 Å². The molecule has 0 aliphatic heterocycles.